The van der Waals surface area contributed by atoms with Crippen LogP contribution in [0.1, 0.15) is 17.2 Å². The molecule has 0 bridgehead atoms. The number of hydrogen-bond acceptors (Lipinski definition) is 2. The van der Waals surface area contributed by atoms with Crippen molar-refractivity contribution in [3.8, 4) is 0 Å². The standard InChI is InChI=1S/C15H14N2/c16-14-10-11-6-4-5-9-13(11)15(14)17-12-7-2-1-3-8-12/h1-10,15,17H,16H2. The molecule has 1 atom stereocenters. The lowest BCUT2D eigenvalue weighted by Gasteiger charge is -2.17. The normalized spacial score (nSPS) is 17.4. The van der Waals surface area contributed by atoms with Crippen LogP contribution in [-0.4, -0.2) is 0 Å². The molecular formula is C15H14N2. The van der Waals surface area contributed by atoms with Crippen molar-refractivity contribution in [2.24, 2.45) is 5.73 Å². The number of anilines is 1. The highest BCUT2D eigenvalue weighted by Gasteiger charge is 2.22. The molecule has 84 valence electrons. The third-order valence-electron chi connectivity index (χ3n) is 3.05. The van der Waals surface area contributed by atoms with E-state index in [4.69, 9.17) is 5.73 Å². The fourth-order valence-corrected chi connectivity index (χ4v) is 2.21. The summed E-state index contributed by atoms with van der Waals surface area (Å²) in [6, 6.07) is 18.5. The van der Waals surface area contributed by atoms with Gasteiger partial charge in [-0.15, -0.1) is 0 Å². The molecule has 0 amide bonds. The molecular weight excluding hydrogens is 208 g/mol. The highest BCUT2D eigenvalue weighted by atomic mass is 15.0. The number of hydrogen-bond donors (Lipinski definition) is 2. The predicted octanol–water partition coefficient (Wildman–Crippen LogP) is 3.15. The fourth-order valence-electron chi connectivity index (χ4n) is 2.21. The van der Waals surface area contributed by atoms with Crippen molar-refractivity contribution in [3.63, 3.8) is 0 Å². The number of nitrogens with two attached hydrogens (primary N) is 1. The van der Waals surface area contributed by atoms with Crippen LogP contribution in [0.4, 0.5) is 5.69 Å². The first-order valence-corrected chi connectivity index (χ1v) is 5.72. The topological polar surface area (TPSA) is 38.0 Å². The van der Waals surface area contributed by atoms with Gasteiger partial charge in [-0.05, 0) is 29.3 Å². The summed E-state index contributed by atoms with van der Waals surface area (Å²) in [7, 11) is 0. The van der Waals surface area contributed by atoms with Crippen molar-refractivity contribution in [1.82, 2.24) is 0 Å². The second kappa shape index (κ2) is 3.98. The lowest BCUT2D eigenvalue weighted by molar-refractivity contribution is 0.923. The second-order valence-corrected chi connectivity index (χ2v) is 4.22. The zero-order valence-electron chi connectivity index (χ0n) is 9.43. The van der Waals surface area contributed by atoms with E-state index in [0.717, 1.165) is 11.4 Å². The summed E-state index contributed by atoms with van der Waals surface area (Å²) < 4.78 is 0. The maximum absolute atomic E-state index is 6.08. The molecule has 1 aliphatic rings. The Balaban J connectivity index is 1.93. The number of para-hydroxylation sites is 1. The summed E-state index contributed by atoms with van der Waals surface area (Å²) in [5.74, 6) is 0. The molecule has 0 radical (unpaired) electrons. The summed E-state index contributed by atoms with van der Waals surface area (Å²) >= 11 is 0. The van der Waals surface area contributed by atoms with E-state index in [0.29, 0.717) is 0 Å². The largest absolute Gasteiger partial charge is 0.400 e. The summed E-state index contributed by atoms with van der Waals surface area (Å²) in [6.07, 6.45) is 2.04. The van der Waals surface area contributed by atoms with E-state index in [1.807, 2.05) is 48.5 Å². The molecule has 0 aliphatic heterocycles. The molecule has 0 aromatic heterocycles. The van der Waals surface area contributed by atoms with Gasteiger partial charge in [-0.2, -0.15) is 0 Å². The van der Waals surface area contributed by atoms with Crippen LogP contribution in [0.25, 0.3) is 6.08 Å². The van der Waals surface area contributed by atoms with Gasteiger partial charge in [0.2, 0.25) is 0 Å². The Labute approximate surface area is 101 Å². The van der Waals surface area contributed by atoms with Gasteiger partial charge in [0.15, 0.2) is 0 Å². The van der Waals surface area contributed by atoms with Crippen molar-refractivity contribution >= 4 is 11.8 Å². The van der Waals surface area contributed by atoms with Crippen molar-refractivity contribution in [1.29, 1.82) is 0 Å². The van der Waals surface area contributed by atoms with Gasteiger partial charge in [0.05, 0.1) is 6.04 Å². The summed E-state index contributed by atoms with van der Waals surface area (Å²) in [5, 5.41) is 3.45. The minimum atomic E-state index is 0.0913. The maximum Gasteiger partial charge on any atom is 0.0918 e. The molecule has 2 aromatic rings. The predicted molar refractivity (Wildman–Crippen MR) is 71.4 cm³/mol. The third kappa shape index (κ3) is 1.78. The van der Waals surface area contributed by atoms with Gasteiger partial charge in [0, 0.05) is 11.4 Å². The Hall–Kier alpha value is -2.22. The van der Waals surface area contributed by atoms with Crippen molar-refractivity contribution in [2.45, 2.75) is 6.04 Å². The summed E-state index contributed by atoms with van der Waals surface area (Å²) in [5.41, 5.74) is 10.5. The van der Waals surface area contributed by atoms with E-state index < -0.39 is 0 Å². The van der Waals surface area contributed by atoms with Crippen molar-refractivity contribution in [3.05, 3.63) is 71.4 Å². The quantitative estimate of drug-likeness (QED) is 0.819. The molecule has 0 fully saturated rings. The van der Waals surface area contributed by atoms with E-state index in [1.54, 1.807) is 0 Å². The van der Waals surface area contributed by atoms with Gasteiger partial charge in [-0.3, -0.25) is 0 Å². The average molecular weight is 222 g/mol. The zero-order valence-corrected chi connectivity index (χ0v) is 9.43. The van der Waals surface area contributed by atoms with Crippen LogP contribution in [0.5, 0.6) is 0 Å². The van der Waals surface area contributed by atoms with Crippen LogP contribution in [0.15, 0.2) is 60.3 Å². The first-order valence-electron chi connectivity index (χ1n) is 5.72. The van der Waals surface area contributed by atoms with Gasteiger partial charge >= 0.3 is 0 Å². The van der Waals surface area contributed by atoms with Crippen molar-refractivity contribution in [2.75, 3.05) is 5.32 Å². The lowest BCUT2D eigenvalue weighted by Crippen LogP contribution is -2.15. The first kappa shape index (κ1) is 9.97. The highest BCUT2D eigenvalue weighted by Crippen LogP contribution is 2.33. The van der Waals surface area contributed by atoms with Gasteiger partial charge in [-0.25, -0.2) is 0 Å². The molecule has 2 aromatic carbocycles. The molecule has 0 saturated carbocycles. The van der Waals surface area contributed by atoms with E-state index >= 15 is 0 Å². The highest BCUT2D eigenvalue weighted by molar-refractivity contribution is 5.68. The number of fused-ring (bicyclic) bond motifs is 1. The molecule has 0 heterocycles. The van der Waals surface area contributed by atoms with E-state index in [-0.39, 0.29) is 6.04 Å². The Bertz CT molecular complexity index is 558. The molecule has 3 rings (SSSR count). The smallest absolute Gasteiger partial charge is 0.0918 e. The molecule has 3 N–H and O–H groups in total. The molecule has 2 heteroatoms. The second-order valence-electron chi connectivity index (χ2n) is 4.22. The Kier molecular flexibility index (Phi) is 2.33. The van der Waals surface area contributed by atoms with E-state index in [2.05, 4.69) is 17.4 Å². The lowest BCUT2D eigenvalue weighted by atomic mass is 10.1. The van der Waals surface area contributed by atoms with Gasteiger partial charge in [-0.1, -0.05) is 42.5 Å². The van der Waals surface area contributed by atoms with Crippen LogP contribution in [0, 0.1) is 0 Å². The SMILES string of the molecule is NC1=Cc2ccccc2C1Nc1ccccc1. The monoisotopic (exact) mass is 222 g/mol. The van der Waals surface area contributed by atoms with Gasteiger partial charge < -0.3 is 11.1 Å². The molecule has 1 aliphatic carbocycles. The molecule has 0 saturated heterocycles. The maximum atomic E-state index is 6.08. The van der Waals surface area contributed by atoms with Crippen LogP contribution < -0.4 is 11.1 Å². The Morgan fingerprint density at radius 1 is 0.882 bits per heavy atom. The van der Waals surface area contributed by atoms with Crippen LogP contribution >= 0.6 is 0 Å². The van der Waals surface area contributed by atoms with Crippen LogP contribution in [0.2, 0.25) is 0 Å². The number of benzene rings is 2. The van der Waals surface area contributed by atoms with Crippen molar-refractivity contribution < 1.29 is 0 Å². The minimum Gasteiger partial charge on any atom is -0.400 e. The van der Waals surface area contributed by atoms with Gasteiger partial charge in [0.1, 0.15) is 0 Å². The van der Waals surface area contributed by atoms with E-state index in [1.165, 1.54) is 11.1 Å². The fraction of sp³-hybridized carbons (Fsp3) is 0.0667. The first-order chi connectivity index (χ1) is 8.34. The van der Waals surface area contributed by atoms with Crippen LogP contribution in [-0.2, 0) is 0 Å². The number of rotatable bonds is 2. The average Bonchev–Trinajstić information content (AvgIpc) is 2.68. The summed E-state index contributed by atoms with van der Waals surface area (Å²) in [6.45, 7) is 0. The molecule has 2 nitrogen and oxygen atoms in total. The third-order valence-corrected chi connectivity index (χ3v) is 3.05. The Morgan fingerprint density at radius 2 is 1.59 bits per heavy atom. The van der Waals surface area contributed by atoms with Crippen LogP contribution in [0.3, 0.4) is 0 Å². The van der Waals surface area contributed by atoms with Gasteiger partial charge in [0.25, 0.3) is 0 Å². The zero-order chi connectivity index (χ0) is 11.7. The Morgan fingerprint density at radius 3 is 2.41 bits per heavy atom. The molecule has 17 heavy (non-hydrogen) atoms. The van der Waals surface area contributed by atoms with E-state index in [9.17, 15) is 0 Å². The summed E-state index contributed by atoms with van der Waals surface area (Å²) in [4.78, 5) is 0. The minimum absolute atomic E-state index is 0.0913. The molecule has 0 spiro atoms. The number of nitrogens with one attached hydrogen (secondary N) is 1. The molecule has 1 unspecified atom stereocenters.